The highest BCUT2D eigenvalue weighted by Crippen LogP contribution is 2.42. The van der Waals surface area contributed by atoms with Crippen molar-refractivity contribution in [3.05, 3.63) is 34.4 Å². The van der Waals surface area contributed by atoms with Crippen LogP contribution in [0.4, 0.5) is 0 Å². The van der Waals surface area contributed by atoms with E-state index in [9.17, 15) is 0 Å². The van der Waals surface area contributed by atoms with Crippen molar-refractivity contribution in [2.75, 3.05) is 0 Å². The minimum absolute atomic E-state index is 0.252. The summed E-state index contributed by atoms with van der Waals surface area (Å²) >= 11 is 3.66. The molecule has 0 radical (unpaired) electrons. The van der Waals surface area contributed by atoms with Crippen LogP contribution in [0, 0.1) is 11.3 Å². The van der Waals surface area contributed by atoms with Gasteiger partial charge in [-0.1, -0.05) is 20.8 Å². The van der Waals surface area contributed by atoms with Crippen molar-refractivity contribution >= 4 is 35.2 Å². The SMILES string of the molecule is CC(C)(C)[Si](C)(C)OC1CCC(n2cc(Br)c3cc(C#N)ccc32)C1. The molecule has 2 unspecified atom stereocenters. The van der Waals surface area contributed by atoms with Crippen molar-refractivity contribution in [3.8, 4) is 6.07 Å². The molecule has 0 amide bonds. The molecule has 1 aliphatic rings. The van der Waals surface area contributed by atoms with Crippen LogP contribution in [0.5, 0.6) is 0 Å². The third-order valence-corrected chi connectivity index (χ3v) is 11.1. The first-order chi connectivity index (χ1) is 11.6. The number of rotatable bonds is 3. The second-order valence-electron chi connectivity index (χ2n) is 8.70. The summed E-state index contributed by atoms with van der Waals surface area (Å²) in [4.78, 5) is 0. The van der Waals surface area contributed by atoms with Crippen LogP contribution in [0.1, 0.15) is 51.6 Å². The van der Waals surface area contributed by atoms with Crippen LogP contribution in [-0.2, 0) is 4.43 Å². The topological polar surface area (TPSA) is 38.0 Å². The molecule has 1 aromatic carbocycles. The van der Waals surface area contributed by atoms with E-state index in [1.54, 1.807) is 0 Å². The first-order valence-electron chi connectivity index (χ1n) is 9.00. The van der Waals surface area contributed by atoms with E-state index in [0.29, 0.717) is 17.7 Å². The van der Waals surface area contributed by atoms with Crippen LogP contribution < -0.4 is 0 Å². The van der Waals surface area contributed by atoms with Gasteiger partial charge in [0.2, 0.25) is 0 Å². The van der Waals surface area contributed by atoms with Gasteiger partial charge in [0, 0.05) is 33.7 Å². The minimum atomic E-state index is -1.72. The lowest BCUT2D eigenvalue weighted by molar-refractivity contribution is 0.183. The van der Waals surface area contributed by atoms with Gasteiger partial charge in [-0.25, -0.2) is 0 Å². The normalized spacial score (nSPS) is 21.6. The van der Waals surface area contributed by atoms with Crippen LogP contribution in [0.2, 0.25) is 18.1 Å². The lowest BCUT2D eigenvalue weighted by Gasteiger charge is -2.38. The van der Waals surface area contributed by atoms with Gasteiger partial charge in [0.05, 0.1) is 11.6 Å². The van der Waals surface area contributed by atoms with Crippen LogP contribution in [0.3, 0.4) is 0 Å². The van der Waals surface area contributed by atoms with Crippen molar-refractivity contribution in [2.24, 2.45) is 0 Å². The van der Waals surface area contributed by atoms with E-state index in [2.05, 4.69) is 72.7 Å². The van der Waals surface area contributed by atoms with Crippen LogP contribution in [0.25, 0.3) is 10.9 Å². The average molecular weight is 419 g/mol. The number of aromatic nitrogens is 1. The van der Waals surface area contributed by atoms with Gasteiger partial charge in [0.25, 0.3) is 0 Å². The van der Waals surface area contributed by atoms with E-state index < -0.39 is 8.32 Å². The van der Waals surface area contributed by atoms with Gasteiger partial charge in [-0.2, -0.15) is 5.26 Å². The first kappa shape index (κ1) is 18.7. The first-order valence-corrected chi connectivity index (χ1v) is 12.7. The van der Waals surface area contributed by atoms with Crippen molar-refractivity contribution in [1.29, 1.82) is 5.26 Å². The Balaban J connectivity index is 1.81. The van der Waals surface area contributed by atoms with Gasteiger partial charge in [-0.15, -0.1) is 0 Å². The highest BCUT2D eigenvalue weighted by molar-refractivity contribution is 9.10. The highest BCUT2D eigenvalue weighted by Gasteiger charge is 2.41. The minimum Gasteiger partial charge on any atom is -0.414 e. The molecular formula is C20H27BrN2OSi. The third kappa shape index (κ3) is 3.58. The van der Waals surface area contributed by atoms with Gasteiger partial charge in [-0.05, 0) is 71.5 Å². The van der Waals surface area contributed by atoms with E-state index in [-0.39, 0.29) is 5.04 Å². The largest absolute Gasteiger partial charge is 0.414 e. The summed E-state index contributed by atoms with van der Waals surface area (Å²) in [6, 6.07) is 8.64. The second kappa shape index (κ2) is 6.57. The molecule has 0 spiro atoms. The number of fused-ring (bicyclic) bond motifs is 1. The Morgan fingerprint density at radius 2 is 2.00 bits per heavy atom. The fourth-order valence-electron chi connectivity index (χ4n) is 3.46. The van der Waals surface area contributed by atoms with Gasteiger partial charge >= 0.3 is 0 Å². The Morgan fingerprint density at radius 1 is 1.28 bits per heavy atom. The standard InChI is InChI=1S/C20H27BrN2OSi/c1-20(2,3)25(4,5)24-16-8-7-15(11-16)23-13-18(21)17-10-14(12-22)6-9-19(17)23/h6,9-10,13,15-16H,7-8,11H2,1-5H3. The summed E-state index contributed by atoms with van der Waals surface area (Å²) in [6.07, 6.45) is 5.88. The summed E-state index contributed by atoms with van der Waals surface area (Å²) < 4.78 is 10.1. The summed E-state index contributed by atoms with van der Waals surface area (Å²) in [7, 11) is -1.72. The van der Waals surface area contributed by atoms with Crippen molar-refractivity contribution < 1.29 is 4.43 Å². The number of hydrogen-bond acceptors (Lipinski definition) is 2. The molecule has 1 heterocycles. The summed E-state index contributed by atoms with van der Waals surface area (Å²) in [5, 5.41) is 10.5. The Morgan fingerprint density at radius 3 is 2.64 bits per heavy atom. The van der Waals surface area contributed by atoms with Crippen molar-refractivity contribution in [2.45, 2.75) is 70.3 Å². The maximum Gasteiger partial charge on any atom is 0.192 e. The Bertz CT molecular complexity index is 829. The number of hydrogen-bond donors (Lipinski definition) is 0. The van der Waals surface area contributed by atoms with E-state index in [1.165, 1.54) is 5.52 Å². The molecule has 134 valence electrons. The molecule has 3 rings (SSSR count). The summed E-state index contributed by atoms with van der Waals surface area (Å²) in [5.41, 5.74) is 1.90. The van der Waals surface area contributed by atoms with E-state index in [0.717, 1.165) is 29.1 Å². The van der Waals surface area contributed by atoms with Crippen LogP contribution >= 0.6 is 15.9 Å². The van der Waals surface area contributed by atoms with Crippen LogP contribution in [0.15, 0.2) is 28.9 Å². The van der Waals surface area contributed by atoms with Gasteiger partial charge in [0.1, 0.15) is 0 Å². The number of halogens is 1. The molecule has 1 saturated carbocycles. The highest BCUT2D eigenvalue weighted by atomic mass is 79.9. The lowest BCUT2D eigenvalue weighted by Crippen LogP contribution is -2.43. The maximum absolute atomic E-state index is 9.13. The van der Waals surface area contributed by atoms with Crippen LogP contribution in [-0.4, -0.2) is 19.0 Å². The number of nitriles is 1. The lowest BCUT2D eigenvalue weighted by atomic mass is 10.1. The summed E-state index contributed by atoms with van der Waals surface area (Å²) in [5.74, 6) is 0. The molecule has 0 N–H and O–H groups in total. The fourth-order valence-corrected chi connectivity index (χ4v) is 5.40. The Hall–Kier alpha value is -1.09. The number of nitrogens with zero attached hydrogens (tertiary/aromatic N) is 2. The molecule has 1 aliphatic carbocycles. The Labute approximate surface area is 160 Å². The predicted molar refractivity (Wildman–Crippen MR) is 109 cm³/mol. The fraction of sp³-hybridized carbons (Fsp3) is 0.550. The molecular weight excluding hydrogens is 392 g/mol. The van der Waals surface area contributed by atoms with Crippen molar-refractivity contribution in [3.63, 3.8) is 0 Å². The molecule has 2 atom stereocenters. The van der Waals surface area contributed by atoms with Gasteiger partial charge < -0.3 is 8.99 Å². The molecule has 25 heavy (non-hydrogen) atoms. The Kier molecular flexibility index (Phi) is 4.91. The molecule has 0 bridgehead atoms. The quantitative estimate of drug-likeness (QED) is 0.541. The molecule has 3 nitrogen and oxygen atoms in total. The third-order valence-electron chi connectivity index (χ3n) is 5.93. The molecule has 0 saturated heterocycles. The zero-order chi connectivity index (χ0) is 18.4. The average Bonchev–Trinajstić information content (AvgIpc) is 3.10. The van der Waals surface area contributed by atoms with Gasteiger partial charge in [-0.3, -0.25) is 0 Å². The second-order valence-corrected chi connectivity index (χ2v) is 14.3. The molecule has 5 heteroatoms. The van der Waals surface area contributed by atoms with Crippen molar-refractivity contribution in [1.82, 2.24) is 4.57 Å². The van der Waals surface area contributed by atoms with E-state index >= 15 is 0 Å². The van der Waals surface area contributed by atoms with Gasteiger partial charge in [0.15, 0.2) is 8.32 Å². The predicted octanol–water partition coefficient (Wildman–Crippen LogP) is 6.39. The molecule has 1 fully saturated rings. The smallest absolute Gasteiger partial charge is 0.192 e. The van der Waals surface area contributed by atoms with E-state index in [1.807, 2.05) is 12.1 Å². The molecule has 0 aliphatic heterocycles. The van der Waals surface area contributed by atoms with E-state index in [4.69, 9.17) is 9.69 Å². The zero-order valence-electron chi connectivity index (χ0n) is 15.8. The molecule has 2 aromatic rings. The zero-order valence-corrected chi connectivity index (χ0v) is 18.4. The number of benzene rings is 1. The summed E-state index contributed by atoms with van der Waals surface area (Å²) in [6.45, 7) is 11.6. The molecule has 1 aromatic heterocycles. The monoisotopic (exact) mass is 418 g/mol. The maximum atomic E-state index is 9.13.